The predicted molar refractivity (Wildman–Crippen MR) is 122 cm³/mol. The topological polar surface area (TPSA) is 34.8 Å². The summed E-state index contributed by atoms with van der Waals surface area (Å²) in [6.07, 6.45) is 0. The van der Waals surface area contributed by atoms with E-state index in [4.69, 9.17) is 28.9 Å². The molecule has 0 aromatic heterocycles. The zero-order chi connectivity index (χ0) is 20.8. The fourth-order valence-electron chi connectivity index (χ4n) is 4.08. The average molecular weight is 458 g/mol. The van der Waals surface area contributed by atoms with Crippen molar-refractivity contribution < 1.29 is 28.9 Å². The summed E-state index contributed by atoms with van der Waals surface area (Å²) >= 11 is 5.18. The van der Waals surface area contributed by atoms with Gasteiger partial charge in [-0.05, 0) is 0 Å². The molecule has 4 nitrogen and oxygen atoms in total. The molecule has 164 valence electrons. The predicted octanol–water partition coefficient (Wildman–Crippen LogP) is 6.08. The first-order valence-corrected chi connectivity index (χ1v) is 10.4. The summed E-state index contributed by atoms with van der Waals surface area (Å²) in [5.74, 6) is 2.28. The van der Waals surface area contributed by atoms with Crippen LogP contribution < -0.4 is 14.4 Å². The average Bonchev–Trinajstić information content (AvgIpc) is 2.73. The molecule has 31 heavy (non-hydrogen) atoms. The number of hydrogen-bond donors (Lipinski definition) is 0. The van der Waals surface area contributed by atoms with Gasteiger partial charge < -0.3 is 7.43 Å². The summed E-state index contributed by atoms with van der Waals surface area (Å²) in [6.45, 7) is 7.75. The van der Waals surface area contributed by atoms with Crippen LogP contribution in [0.25, 0.3) is 33.4 Å². The van der Waals surface area contributed by atoms with E-state index in [1.54, 1.807) is 0 Å². The molecule has 1 aliphatic carbocycles. The molecular weight excluding hydrogens is 433 g/mol. The quantitative estimate of drug-likeness (QED) is 0.212. The Labute approximate surface area is 190 Å². The van der Waals surface area contributed by atoms with E-state index < -0.39 is 0 Å². The molecule has 0 unspecified atom stereocenters. The van der Waals surface area contributed by atoms with Crippen LogP contribution in [0.4, 0.5) is 5.69 Å². The maximum absolute atomic E-state index is 6.36. The van der Waals surface area contributed by atoms with Crippen molar-refractivity contribution >= 4 is 16.7 Å². The number of ether oxygens (including phenoxy) is 2. The molecule has 0 spiro atoms. The number of rotatable bonds is 3. The first-order chi connectivity index (χ1) is 14.6. The smallest absolute Gasteiger partial charge is 0.358 e. The van der Waals surface area contributed by atoms with Crippen molar-refractivity contribution in [2.75, 3.05) is 31.7 Å². The van der Waals surface area contributed by atoms with E-state index in [-0.39, 0.29) is 7.43 Å². The van der Waals surface area contributed by atoms with Gasteiger partial charge in [-0.1, -0.05) is 0 Å². The van der Waals surface area contributed by atoms with Crippen LogP contribution in [0.15, 0.2) is 52.9 Å². The Kier molecular flexibility index (Phi) is 5.81. The third-order valence-electron chi connectivity index (χ3n) is 5.60. The van der Waals surface area contributed by atoms with E-state index >= 15 is 0 Å². The van der Waals surface area contributed by atoms with Crippen molar-refractivity contribution in [2.45, 2.75) is 6.92 Å². The minimum Gasteiger partial charge on any atom is -0.358 e. The van der Waals surface area contributed by atoms with E-state index in [2.05, 4.69) is 62.2 Å². The molecule has 5 heteroatoms. The number of aryl methyl sites for hydroxylation is 1. The van der Waals surface area contributed by atoms with Gasteiger partial charge in [-0.15, -0.1) is 0 Å². The molecule has 0 fully saturated rings. The molecule has 5 rings (SSSR count). The summed E-state index contributed by atoms with van der Waals surface area (Å²) in [7, 11) is 2.07. The molecule has 0 atom stereocenters. The van der Waals surface area contributed by atoms with Crippen LogP contribution in [0.3, 0.4) is 0 Å². The molecule has 0 saturated carbocycles. The molecular formula is C26H25NNiO3-2. The first kappa shape index (κ1) is 21.5. The SMILES string of the molecule is [CH2-]COc1cc2c(-c3ccccc3C)c3cc4c(cc3oc-2c[c]1=[Ni])N(C)CCO4.[CH3-]. The number of likely N-dealkylation sites (N-methyl/N-ethyl adjacent to an activating group) is 1. The Morgan fingerprint density at radius 1 is 1.13 bits per heavy atom. The van der Waals surface area contributed by atoms with Crippen molar-refractivity contribution in [3.8, 4) is 33.9 Å². The number of benzene rings is 3. The molecule has 2 aliphatic heterocycles. The van der Waals surface area contributed by atoms with Crippen molar-refractivity contribution in [3.05, 3.63) is 72.6 Å². The van der Waals surface area contributed by atoms with Crippen LogP contribution >= 0.6 is 0 Å². The number of anilines is 1. The Morgan fingerprint density at radius 2 is 1.94 bits per heavy atom. The van der Waals surface area contributed by atoms with Gasteiger partial charge in [0.15, 0.2) is 0 Å². The van der Waals surface area contributed by atoms with Gasteiger partial charge in [0.1, 0.15) is 0 Å². The van der Waals surface area contributed by atoms with Gasteiger partial charge in [-0.3, -0.25) is 0 Å². The van der Waals surface area contributed by atoms with Crippen LogP contribution in [0.5, 0.6) is 11.5 Å². The van der Waals surface area contributed by atoms with Gasteiger partial charge in [0.25, 0.3) is 0 Å². The van der Waals surface area contributed by atoms with Crippen LogP contribution in [0, 0.1) is 25.4 Å². The second-order valence-electron chi connectivity index (χ2n) is 7.47. The Hall–Kier alpha value is -2.78. The Morgan fingerprint density at radius 3 is 2.71 bits per heavy atom. The van der Waals surface area contributed by atoms with E-state index in [1.165, 1.54) is 5.56 Å². The van der Waals surface area contributed by atoms with Crippen LogP contribution in [0.1, 0.15) is 5.56 Å². The van der Waals surface area contributed by atoms with Gasteiger partial charge in [0.05, 0.1) is 0 Å². The van der Waals surface area contributed by atoms with Gasteiger partial charge in [-0.25, -0.2) is 0 Å². The van der Waals surface area contributed by atoms with Crippen molar-refractivity contribution in [1.29, 1.82) is 0 Å². The molecule has 0 N–H and O–H groups in total. The summed E-state index contributed by atoms with van der Waals surface area (Å²) in [5.41, 5.74) is 6.23. The normalized spacial score (nSPS) is 13.0. The zero-order valence-electron chi connectivity index (χ0n) is 17.9. The van der Waals surface area contributed by atoms with E-state index in [1.807, 2.05) is 12.1 Å². The summed E-state index contributed by atoms with van der Waals surface area (Å²) < 4.78 is 18.7. The maximum Gasteiger partial charge on any atom is -0.358 e. The number of fused-ring (bicyclic) bond motifs is 3. The van der Waals surface area contributed by atoms with Gasteiger partial charge >= 0.3 is 183 Å². The first-order valence-electron chi connectivity index (χ1n) is 9.93. The Balaban J connectivity index is 0.00000231. The monoisotopic (exact) mass is 457 g/mol. The van der Waals surface area contributed by atoms with Gasteiger partial charge in [0.2, 0.25) is 0 Å². The zero-order valence-corrected chi connectivity index (χ0v) is 18.9. The fourth-order valence-corrected chi connectivity index (χ4v) is 4.35. The van der Waals surface area contributed by atoms with Crippen molar-refractivity contribution in [3.63, 3.8) is 0 Å². The van der Waals surface area contributed by atoms with Crippen LogP contribution in [-0.4, -0.2) is 26.8 Å². The minimum atomic E-state index is 0. The van der Waals surface area contributed by atoms with Crippen LogP contribution in [0.2, 0.25) is 0 Å². The van der Waals surface area contributed by atoms with Crippen molar-refractivity contribution in [2.24, 2.45) is 0 Å². The fraction of sp³-hybridized carbons (Fsp3) is 0.192. The molecule has 0 radical (unpaired) electrons. The summed E-state index contributed by atoms with van der Waals surface area (Å²) in [5, 5.41) is 1.01. The van der Waals surface area contributed by atoms with Gasteiger partial charge in [-0.2, -0.15) is 0 Å². The maximum atomic E-state index is 6.36. The van der Waals surface area contributed by atoms with Crippen molar-refractivity contribution in [1.82, 2.24) is 0 Å². The molecule has 0 saturated heterocycles. The van der Waals surface area contributed by atoms with E-state index in [9.17, 15) is 0 Å². The molecule has 0 amide bonds. The summed E-state index contributed by atoms with van der Waals surface area (Å²) in [4.78, 5) is 2.19. The standard InChI is InChI=1S/C25H22NO3.CH3.Ni/c1-4-27-17-9-10-22-19(13-17)25(18-8-6-5-7-16(18)2)20-14-24-21(15-23(20)29-22)26(3)11-12-28-24;;/h5-8,10,13-15H,1,4,11-12H2,2-3H3;1H3;/q2*-1;. The second kappa shape index (κ2) is 8.39. The van der Waals surface area contributed by atoms with Crippen LogP contribution in [-0.2, 0) is 15.0 Å². The third kappa shape index (κ3) is 3.61. The second-order valence-corrected chi connectivity index (χ2v) is 8.00. The number of nitrogens with zero attached hydrogens (tertiary/aromatic N) is 1. The summed E-state index contributed by atoms with van der Waals surface area (Å²) in [6, 6.07) is 16.4. The molecule has 2 heterocycles. The Bertz CT molecular complexity index is 1290. The largest absolute Gasteiger partial charge is 0.358 e. The molecule has 2 aromatic rings. The van der Waals surface area contributed by atoms with E-state index in [0.29, 0.717) is 23.1 Å². The molecule has 2 aromatic carbocycles. The third-order valence-corrected chi connectivity index (χ3v) is 5.98. The number of hydrogen-bond acceptors (Lipinski definition) is 4. The minimum absolute atomic E-state index is 0. The van der Waals surface area contributed by atoms with E-state index in [0.717, 1.165) is 51.4 Å². The molecule has 3 aliphatic rings. The van der Waals surface area contributed by atoms with Gasteiger partial charge in [0, 0.05) is 0 Å². The molecule has 0 bridgehead atoms.